The van der Waals surface area contributed by atoms with Crippen molar-refractivity contribution in [3.63, 3.8) is 0 Å². The molecule has 2 rings (SSSR count). The second kappa shape index (κ2) is 6.23. The van der Waals surface area contributed by atoms with Gasteiger partial charge in [-0.05, 0) is 42.8 Å². The molecular weight excluding hydrogens is 331 g/mol. The summed E-state index contributed by atoms with van der Waals surface area (Å²) in [4.78, 5) is 0.0826. The summed E-state index contributed by atoms with van der Waals surface area (Å²) in [6.07, 6.45) is 0. The number of halogens is 2. The third-order valence-corrected chi connectivity index (χ3v) is 4.50. The molecule has 0 amide bonds. The fraction of sp³-hybridized carbons (Fsp3) is 0.143. The Morgan fingerprint density at radius 1 is 1.10 bits per heavy atom. The second-order valence-corrected chi connectivity index (χ2v) is 7.01. The van der Waals surface area contributed by atoms with Gasteiger partial charge in [0.2, 0.25) is 10.0 Å². The second-order valence-electron chi connectivity index (χ2n) is 4.60. The minimum Gasteiger partial charge on any atom is -0.377 e. The van der Waals surface area contributed by atoms with Gasteiger partial charge in [-0.1, -0.05) is 35.3 Å². The van der Waals surface area contributed by atoms with Gasteiger partial charge in [-0.3, -0.25) is 0 Å². The Hall–Kier alpha value is -1.27. The molecule has 0 radical (unpaired) electrons. The van der Waals surface area contributed by atoms with E-state index in [-0.39, 0.29) is 10.9 Å². The topological polar surface area (TPSA) is 72.2 Å². The third kappa shape index (κ3) is 4.11. The number of hydrogen-bond acceptors (Lipinski definition) is 3. The zero-order valence-corrected chi connectivity index (χ0v) is 13.5. The van der Waals surface area contributed by atoms with Crippen LogP contribution in [0.5, 0.6) is 0 Å². The van der Waals surface area contributed by atoms with Gasteiger partial charge in [0.1, 0.15) is 0 Å². The summed E-state index contributed by atoms with van der Waals surface area (Å²) >= 11 is 12.0. The number of nitrogens with one attached hydrogen (secondary N) is 1. The predicted molar refractivity (Wildman–Crippen MR) is 86.3 cm³/mol. The van der Waals surface area contributed by atoms with Gasteiger partial charge in [-0.15, -0.1) is 0 Å². The summed E-state index contributed by atoms with van der Waals surface area (Å²) in [6.45, 7) is 1.93. The van der Waals surface area contributed by atoms with E-state index in [4.69, 9.17) is 28.3 Å². The first-order chi connectivity index (χ1) is 9.77. The highest BCUT2D eigenvalue weighted by Gasteiger charge is 2.11. The van der Waals surface area contributed by atoms with Crippen LogP contribution in [-0.2, 0) is 10.0 Å². The molecule has 0 heterocycles. The molecule has 3 N–H and O–H groups in total. The summed E-state index contributed by atoms with van der Waals surface area (Å²) in [6, 6.07) is 11.4. The van der Waals surface area contributed by atoms with Crippen molar-refractivity contribution in [2.45, 2.75) is 17.9 Å². The van der Waals surface area contributed by atoms with Gasteiger partial charge >= 0.3 is 0 Å². The zero-order valence-electron chi connectivity index (χ0n) is 11.2. The van der Waals surface area contributed by atoms with Crippen LogP contribution in [0.25, 0.3) is 0 Å². The fourth-order valence-electron chi connectivity index (χ4n) is 1.87. The lowest BCUT2D eigenvalue weighted by Crippen LogP contribution is -2.12. The van der Waals surface area contributed by atoms with Crippen LogP contribution in [-0.4, -0.2) is 8.42 Å². The Labute approximate surface area is 133 Å². The molecule has 0 saturated carbocycles. The van der Waals surface area contributed by atoms with Gasteiger partial charge in [-0.2, -0.15) is 0 Å². The minimum absolute atomic E-state index is 0.0736. The normalized spacial score (nSPS) is 13.0. The highest BCUT2D eigenvalue weighted by Crippen LogP contribution is 2.29. The van der Waals surface area contributed by atoms with Crippen LogP contribution in [0.3, 0.4) is 0 Å². The summed E-state index contributed by atoms with van der Waals surface area (Å²) in [5.41, 5.74) is 1.62. The van der Waals surface area contributed by atoms with Crippen LogP contribution in [0.15, 0.2) is 47.4 Å². The average Bonchev–Trinajstić information content (AvgIpc) is 2.42. The molecule has 0 aliphatic carbocycles. The molecule has 21 heavy (non-hydrogen) atoms. The quantitative estimate of drug-likeness (QED) is 0.885. The molecule has 4 nitrogen and oxygen atoms in total. The van der Waals surface area contributed by atoms with Crippen molar-refractivity contribution in [2.75, 3.05) is 5.32 Å². The molecule has 112 valence electrons. The molecule has 2 aromatic carbocycles. The summed E-state index contributed by atoms with van der Waals surface area (Å²) < 4.78 is 22.4. The van der Waals surface area contributed by atoms with Crippen LogP contribution in [0.1, 0.15) is 18.5 Å². The molecule has 0 aliphatic heterocycles. The molecule has 0 saturated heterocycles. The van der Waals surface area contributed by atoms with Crippen molar-refractivity contribution in [3.8, 4) is 0 Å². The molecular formula is C14H14Cl2N2O2S. The number of hydrogen-bond donors (Lipinski definition) is 2. The maximum atomic E-state index is 11.2. The SMILES string of the molecule is CC(Nc1cc(Cl)ccc1Cl)c1ccc(S(N)(=O)=O)cc1. The standard InChI is InChI=1S/C14H14Cl2N2O2S/c1-9(18-14-8-11(15)4-7-13(14)16)10-2-5-12(6-3-10)21(17,19)20/h2-9,18H,1H3,(H2,17,19,20). The van der Waals surface area contributed by atoms with E-state index in [0.29, 0.717) is 15.7 Å². The van der Waals surface area contributed by atoms with Crippen LogP contribution in [0, 0.1) is 0 Å². The largest absolute Gasteiger partial charge is 0.377 e. The number of primary sulfonamides is 1. The number of nitrogens with two attached hydrogens (primary N) is 1. The van der Waals surface area contributed by atoms with Crippen molar-refractivity contribution in [1.29, 1.82) is 0 Å². The maximum absolute atomic E-state index is 11.2. The first-order valence-corrected chi connectivity index (χ1v) is 8.42. The lowest BCUT2D eigenvalue weighted by atomic mass is 10.1. The van der Waals surface area contributed by atoms with Crippen LogP contribution >= 0.6 is 23.2 Å². The van der Waals surface area contributed by atoms with E-state index < -0.39 is 10.0 Å². The van der Waals surface area contributed by atoms with Gasteiger partial charge < -0.3 is 5.32 Å². The third-order valence-electron chi connectivity index (χ3n) is 3.01. The smallest absolute Gasteiger partial charge is 0.238 e. The Kier molecular flexibility index (Phi) is 4.78. The predicted octanol–water partition coefficient (Wildman–Crippen LogP) is 3.81. The number of anilines is 1. The van der Waals surface area contributed by atoms with Crippen LogP contribution < -0.4 is 10.5 Å². The molecule has 0 fully saturated rings. The van der Waals surface area contributed by atoms with E-state index in [1.165, 1.54) is 12.1 Å². The molecule has 7 heteroatoms. The zero-order chi connectivity index (χ0) is 15.6. The number of sulfonamides is 1. The van der Waals surface area contributed by atoms with Crippen molar-refractivity contribution in [2.24, 2.45) is 5.14 Å². The Morgan fingerprint density at radius 3 is 2.29 bits per heavy atom. The molecule has 0 spiro atoms. The van der Waals surface area contributed by atoms with Gasteiger partial charge in [0.05, 0.1) is 15.6 Å². The molecule has 1 atom stereocenters. The van der Waals surface area contributed by atoms with Crippen molar-refractivity contribution in [3.05, 3.63) is 58.1 Å². The highest BCUT2D eigenvalue weighted by molar-refractivity contribution is 7.89. The summed E-state index contributed by atoms with van der Waals surface area (Å²) in [7, 11) is -3.68. The van der Waals surface area contributed by atoms with Crippen LogP contribution in [0.4, 0.5) is 5.69 Å². The summed E-state index contributed by atoms with van der Waals surface area (Å²) in [5.74, 6) is 0. The van der Waals surface area contributed by atoms with Gasteiger partial charge in [0.25, 0.3) is 0 Å². The maximum Gasteiger partial charge on any atom is 0.238 e. The van der Waals surface area contributed by atoms with Crippen molar-refractivity contribution >= 4 is 38.9 Å². The van der Waals surface area contributed by atoms with Crippen molar-refractivity contribution < 1.29 is 8.42 Å². The number of rotatable bonds is 4. The highest BCUT2D eigenvalue weighted by atomic mass is 35.5. The van der Waals surface area contributed by atoms with E-state index in [9.17, 15) is 8.42 Å². The van der Waals surface area contributed by atoms with E-state index in [1.807, 2.05) is 6.92 Å². The number of benzene rings is 2. The molecule has 1 unspecified atom stereocenters. The monoisotopic (exact) mass is 344 g/mol. The van der Waals surface area contributed by atoms with Gasteiger partial charge in [0.15, 0.2) is 0 Å². The van der Waals surface area contributed by atoms with E-state index in [1.54, 1.807) is 30.3 Å². The lowest BCUT2D eigenvalue weighted by molar-refractivity contribution is 0.597. The van der Waals surface area contributed by atoms with Crippen molar-refractivity contribution in [1.82, 2.24) is 0 Å². The lowest BCUT2D eigenvalue weighted by Gasteiger charge is -2.17. The van der Waals surface area contributed by atoms with Crippen LogP contribution in [0.2, 0.25) is 10.0 Å². The average molecular weight is 345 g/mol. The van der Waals surface area contributed by atoms with Gasteiger partial charge in [-0.25, -0.2) is 13.6 Å². The minimum atomic E-state index is -3.68. The van der Waals surface area contributed by atoms with E-state index in [2.05, 4.69) is 5.32 Å². The van der Waals surface area contributed by atoms with E-state index in [0.717, 1.165) is 5.56 Å². The van der Waals surface area contributed by atoms with E-state index >= 15 is 0 Å². The first-order valence-electron chi connectivity index (χ1n) is 6.12. The Bertz CT molecular complexity index is 746. The molecule has 0 bridgehead atoms. The first kappa shape index (κ1) is 16.1. The molecule has 0 aromatic heterocycles. The Morgan fingerprint density at radius 2 is 1.71 bits per heavy atom. The molecule has 2 aromatic rings. The molecule has 0 aliphatic rings. The van der Waals surface area contributed by atoms with Gasteiger partial charge in [0, 0.05) is 11.1 Å². The summed E-state index contributed by atoms with van der Waals surface area (Å²) in [5, 5.41) is 9.44. The fourth-order valence-corrected chi connectivity index (χ4v) is 2.73. The Balaban J connectivity index is 2.20.